The van der Waals surface area contributed by atoms with E-state index in [0.717, 1.165) is 12.1 Å². The average molecular weight is 397 g/mol. The monoisotopic (exact) mass is 397 g/mol. The number of halogens is 3. The SMILES string of the molecule is CC(C)c1noc([C@@H]2C[C@H](NC(=O)Nc3ccc(C(F)(F)F)cc3)CN2C)n1. The third-order valence-corrected chi connectivity index (χ3v) is 4.61. The van der Waals surface area contributed by atoms with Gasteiger partial charge >= 0.3 is 12.2 Å². The van der Waals surface area contributed by atoms with E-state index in [-0.39, 0.29) is 23.7 Å². The summed E-state index contributed by atoms with van der Waals surface area (Å²) in [5.41, 5.74) is -0.481. The molecule has 2 aromatic rings. The first-order valence-electron chi connectivity index (χ1n) is 8.92. The molecule has 10 heteroatoms. The Morgan fingerprint density at radius 1 is 1.29 bits per heavy atom. The molecule has 0 unspecified atom stereocenters. The van der Waals surface area contributed by atoms with Crippen molar-refractivity contribution in [3.8, 4) is 0 Å². The highest BCUT2D eigenvalue weighted by Gasteiger charge is 2.35. The van der Waals surface area contributed by atoms with Crippen LogP contribution < -0.4 is 10.6 Å². The number of carbonyl (C=O) groups is 1. The number of aromatic nitrogens is 2. The van der Waals surface area contributed by atoms with Crippen molar-refractivity contribution in [3.63, 3.8) is 0 Å². The van der Waals surface area contributed by atoms with Crippen molar-refractivity contribution >= 4 is 11.7 Å². The summed E-state index contributed by atoms with van der Waals surface area (Å²) in [6.45, 7) is 4.54. The molecule has 0 spiro atoms. The summed E-state index contributed by atoms with van der Waals surface area (Å²) in [6, 6.07) is 3.56. The number of hydrogen-bond acceptors (Lipinski definition) is 5. The minimum absolute atomic E-state index is 0.101. The van der Waals surface area contributed by atoms with E-state index in [1.807, 2.05) is 25.8 Å². The molecule has 0 saturated carbocycles. The summed E-state index contributed by atoms with van der Waals surface area (Å²) >= 11 is 0. The van der Waals surface area contributed by atoms with E-state index in [2.05, 4.69) is 20.8 Å². The maximum Gasteiger partial charge on any atom is 0.416 e. The molecule has 0 bridgehead atoms. The van der Waals surface area contributed by atoms with Gasteiger partial charge in [-0.25, -0.2) is 4.79 Å². The van der Waals surface area contributed by atoms with Crippen LogP contribution >= 0.6 is 0 Å². The molecule has 1 aliphatic heterocycles. The molecular formula is C18H22F3N5O2. The molecule has 2 amide bonds. The minimum atomic E-state index is -4.41. The highest BCUT2D eigenvalue weighted by atomic mass is 19.4. The van der Waals surface area contributed by atoms with Crippen molar-refractivity contribution in [2.45, 2.75) is 44.4 Å². The molecule has 2 atom stereocenters. The van der Waals surface area contributed by atoms with Crippen molar-refractivity contribution in [2.75, 3.05) is 18.9 Å². The first kappa shape index (κ1) is 20.1. The predicted molar refractivity (Wildman–Crippen MR) is 95.8 cm³/mol. The van der Waals surface area contributed by atoms with Crippen molar-refractivity contribution in [1.29, 1.82) is 0 Å². The van der Waals surface area contributed by atoms with E-state index in [9.17, 15) is 18.0 Å². The molecule has 0 radical (unpaired) electrons. The number of benzene rings is 1. The summed E-state index contributed by atoms with van der Waals surface area (Å²) in [5, 5.41) is 9.35. The fraction of sp³-hybridized carbons (Fsp3) is 0.500. The minimum Gasteiger partial charge on any atom is -0.338 e. The average Bonchev–Trinajstić information content (AvgIpc) is 3.21. The zero-order valence-electron chi connectivity index (χ0n) is 15.7. The molecular weight excluding hydrogens is 375 g/mol. The van der Waals surface area contributed by atoms with E-state index in [1.165, 1.54) is 12.1 Å². The van der Waals surface area contributed by atoms with Crippen molar-refractivity contribution < 1.29 is 22.5 Å². The molecule has 28 heavy (non-hydrogen) atoms. The van der Waals surface area contributed by atoms with Gasteiger partial charge in [-0.1, -0.05) is 19.0 Å². The Hall–Kier alpha value is -2.62. The fourth-order valence-corrected chi connectivity index (χ4v) is 3.10. The van der Waals surface area contributed by atoms with Gasteiger partial charge in [0.25, 0.3) is 0 Å². The number of urea groups is 1. The second kappa shape index (κ2) is 7.78. The second-order valence-electron chi connectivity index (χ2n) is 7.21. The van der Waals surface area contributed by atoms with Crippen LogP contribution in [-0.4, -0.2) is 40.7 Å². The Morgan fingerprint density at radius 3 is 2.54 bits per heavy atom. The number of rotatable bonds is 4. The topological polar surface area (TPSA) is 83.3 Å². The van der Waals surface area contributed by atoms with Crippen LogP contribution in [0.25, 0.3) is 0 Å². The third kappa shape index (κ3) is 4.61. The largest absolute Gasteiger partial charge is 0.416 e. The molecule has 1 saturated heterocycles. The van der Waals surface area contributed by atoms with Gasteiger partial charge in [0.2, 0.25) is 5.89 Å². The Morgan fingerprint density at radius 2 is 1.96 bits per heavy atom. The summed E-state index contributed by atoms with van der Waals surface area (Å²) in [7, 11) is 1.90. The van der Waals surface area contributed by atoms with Gasteiger partial charge in [-0.05, 0) is 37.7 Å². The van der Waals surface area contributed by atoms with Crippen LogP contribution in [0.5, 0.6) is 0 Å². The third-order valence-electron chi connectivity index (χ3n) is 4.61. The first-order valence-corrected chi connectivity index (χ1v) is 8.92. The van der Waals surface area contributed by atoms with Gasteiger partial charge in [-0.15, -0.1) is 0 Å². The lowest BCUT2D eigenvalue weighted by molar-refractivity contribution is -0.137. The van der Waals surface area contributed by atoms with Gasteiger partial charge in [0, 0.05) is 24.2 Å². The molecule has 1 aromatic carbocycles. The zero-order valence-corrected chi connectivity index (χ0v) is 15.7. The molecule has 2 heterocycles. The van der Waals surface area contributed by atoms with Crippen molar-refractivity contribution in [3.05, 3.63) is 41.5 Å². The molecule has 1 aromatic heterocycles. The smallest absolute Gasteiger partial charge is 0.338 e. The van der Waals surface area contributed by atoms with Crippen LogP contribution in [0.2, 0.25) is 0 Å². The highest BCUT2D eigenvalue weighted by molar-refractivity contribution is 5.89. The lowest BCUT2D eigenvalue weighted by atomic mass is 10.1. The molecule has 3 rings (SSSR count). The van der Waals surface area contributed by atoms with E-state index >= 15 is 0 Å². The Balaban J connectivity index is 1.56. The first-order chi connectivity index (χ1) is 13.1. The number of amides is 2. The molecule has 152 valence electrons. The maximum absolute atomic E-state index is 12.6. The zero-order chi connectivity index (χ0) is 20.5. The van der Waals surface area contributed by atoms with Crippen LogP contribution in [0.3, 0.4) is 0 Å². The lowest BCUT2D eigenvalue weighted by Crippen LogP contribution is -2.39. The van der Waals surface area contributed by atoms with E-state index in [1.54, 1.807) is 0 Å². The van der Waals surface area contributed by atoms with Crippen LogP contribution in [-0.2, 0) is 6.18 Å². The van der Waals surface area contributed by atoms with E-state index < -0.39 is 17.8 Å². The Bertz CT molecular complexity index is 819. The maximum atomic E-state index is 12.6. The summed E-state index contributed by atoms with van der Waals surface area (Å²) < 4.78 is 43.1. The van der Waals surface area contributed by atoms with Crippen LogP contribution in [0, 0.1) is 0 Å². The number of nitrogens with zero attached hydrogens (tertiary/aromatic N) is 3. The van der Waals surface area contributed by atoms with E-state index in [4.69, 9.17) is 4.52 Å². The van der Waals surface area contributed by atoms with Crippen LogP contribution in [0.1, 0.15) is 49.5 Å². The number of anilines is 1. The predicted octanol–water partition coefficient (Wildman–Crippen LogP) is 3.78. The molecule has 0 aliphatic carbocycles. The quantitative estimate of drug-likeness (QED) is 0.820. The molecule has 2 N–H and O–H groups in total. The number of alkyl halides is 3. The number of likely N-dealkylation sites (tertiary alicyclic amines) is 1. The summed E-state index contributed by atoms with van der Waals surface area (Å²) in [4.78, 5) is 18.6. The standard InChI is InChI=1S/C18H22F3N5O2/c1-10(2)15-24-16(28-25-15)14-8-13(9-26(14)3)23-17(27)22-12-6-4-11(5-7-12)18(19,20)21/h4-7,10,13-14H,8-9H2,1-3H3,(H2,22,23,27)/t13-,14-/m0/s1. The van der Waals surface area contributed by atoms with Gasteiger partial charge < -0.3 is 15.2 Å². The number of hydrogen-bond donors (Lipinski definition) is 2. The molecule has 1 aliphatic rings. The van der Waals surface area contributed by atoms with Crippen molar-refractivity contribution in [1.82, 2.24) is 20.4 Å². The lowest BCUT2D eigenvalue weighted by Gasteiger charge is -2.14. The van der Waals surface area contributed by atoms with Crippen molar-refractivity contribution in [2.24, 2.45) is 0 Å². The highest BCUT2D eigenvalue weighted by Crippen LogP contribution is 2.31. The van der Waals surface area contributed by atoms with Gasteiger partial charge in [0.1, 0.15) is 0 Å². The Kier molecular flexibility index (Phi) is 5.59. The summed E-state index contributed by atoms with van der Waals surface area (Å²) in [5.74, 6) is 1.31. The number of nitrogens with one attached hydrogen (secondary N) is 2. The van der Waals surface area contributed by atoms with E-state index in [0.29, 0.717) is 24.7 Å². The fourth-order valence-electron chi connectivity index (χ4n) is 3.10. The molecule has 7 nitrogen and oxygen atoms in total. The number of carbonyl (C=O) groups excluding carboxylic acids is 1. The van der Waals surface area contributed by atoms with Crippen LogP contribution in [0.15, 0.2) is 28.8 Å². The Labute approximate surface area is 160 Å². The normalized spacial score (nSPS) is 20.5. The van der Waals surface area contributed by atoms with Gasteiger partial charge in [0.05, 0.1) is 11.6 Å². The van der Waals surface area contributed by atoms with Gasteiger partial charge in [-0.3, -0.25) is 4.90 Å². The second-order valence-corrected chi connectivity index (χ2v) is 7.21. The van der Waals surface area contributed by atoms with Crippen LogP contribution in [0.4, 0.5) is 23.7 Å². The summed E-state index contributed by atoms with van der Waals surface area (Å²) in [6.07, 6.45) is -3.81. The van der Waals surface area contributed by atoms with Gasteiger partial charge in [-0.2, -0.15) is 18.2 Å². The number of likely N-dealkylation sites (N-methyl/N-ethyl adjacent to an activating group) is 1. The van der Waals surface area contributed by atoms with Gasteiger partial charge in [0.15, 0.2) is 5.82 Å². The molecule has 1 fully saturated rings.